The summed E-state index contributed by atoms with van der Waals surface area (Å²) in [6.07, 6.45) is 3.41. The number of halogens is 1. The normalized spacial score (nSPS) is 11.3. The third kappa shape index (κ3) is 2.59. The molecule has 94 valence electrons. The minimum Gasteiger partial charge on any atom is -0.481 e. The van der Waals surface area contributed by atoms with Crippen LogP contribution in [0.3, 0.4) is 0 Å². The highest BCUT2D eigenvalue weighted by molar-refractivity contribution is 5.52. The number of hydrogen-bond donors (Lipinski definition) is 1. The molecule has 1 aromatic heterocycles. The first-order chi connectivity index (χ1) is 8.49. The molecule has 0 unspecified atom stereocenters. The maximum absolute atomic E-state index is 13.2. The van der Waals surface area contributed by atoms with E-state index in [0.29, 0.717) is 11.4 Å². The van der Waals surface area contributed by atoms with Crippen LogP contribution in [0, 0.1) is 5.82 Å². The van der Waals surface area contributed by atoms with Crippen LogP contribution in [0.1, 0.15) is 19.4 Å². The maximum atomic E-state index is 13.2. The first kappa shape index (κ1) is 12.4. The molecule has 0 saturated carbocycles. The molecule has 1 aromatic carbocycles. The zero-order valence-corrected chi connectivity index (χ0v) is 10.4. The van der Waals surface area contributed by atoms with Gasteiger partial charge in [-0.15, -0.1) is 0 Å². The monoisotopic (exact) mass is 246 g/mol. The van der Waals surface area contributed by atoms with Crippen LogP contribution in [0.4, 0.5) is 10.1 Å². The Kier molecular flexibility index (Phi) is 3.19. The summed E-state index contributed by atoms with van der Waals surface area (Å²) in [6, 6.07) is 7.81. The fraction of sp³-hybridized carbons (Fsp3) is 0.214. The van der Waals surface area contributed by atoms with E-state index in [0.717, 1.165) is 5.56 Å². The van der Waals surface area contributed by atoms with Gasteiger partial charge in [-0.25, -0.2) is 4.39 Å². The standard InChI is InChI=1S/C14H15FN2O/c1-14(2,10-4-3-7-17-9-10)18-13-8-11(15)5-6-12(13)16/h3-9H,16H2,1-2H3. The Morgan fingerprint density at radius 3 is 2.72 bits per heavy atom. The number of aromatic nitrogens is 1. The van der Waals surface area contributed by atoms with Crippen LogP contribution in [0.25, 0.3) is 0 Å². The zero-order chi connectivity index (χ0) is 13.2. The molecule has 0 bridgehead atoms. The van der Waals surface area contributed by atoms with Gasteiger partial charge < -0.3 is 10.5 Å². The van der Waals surface area contributed by atoms with Crippen LogP contribution in [0.2, 0.25) is 0 Å². The van der Waals surface area contributed by atoms with Gasteiger partial charge in [0.15, 0.2) is 0 Å². The molecule has 0 radical (unpaired) electrons. The van der Waals surface area contributed by atoms with Gasteiger partial charge in [0.25, 0.3) is 0 Å². The topological polar surface area (TPSA) is 48.1 Å². The van der Waals surface area contributed by atoms with Crippen molar-refractivity contribution in [1.82, 2.24) is 4.98 Å². The van der Waals surface area contributed by atoms with Crippen molar-refractivity contribution in [3.8, 4) is 5.75 Å². The van der Waals surface area contributed by atoms with Gasteiger partial charge >= 0.3 is 0 Å². The Bertz CT molecular complexity index is 541. The van der Waals surface area contributed by atoms with Gasteiger partial charge in [-0.1, -0.05) is 6.07 Å². The van der Waals surface area contributed by atoms with E-state index in [2.05, 4.69) is 4.98 Å². The van der Waals surface area contributed by atoms with Gasteiger partial charge in [-0.05, 0) is 32.0 Å². The van der Waals surface area contributed by atoms with Crippen molar-refractivity contribution in [3.63, 3.8) is 0 Å². The fourth-order valence-corrected chi connectivity index (χ4v) is 1.65. The fourth-order valence-electron chi connectivity index (χ4n) is 1.65. The van der Waals surface area contributed by atoms with Crippen molar-refractivity contribution in [2.45, 2.75) is 19.4 Å². The number of pyridine rings is 1. The number of hydrogen-bond acceptors (Lipinski definition) is 3. The van der Waals surface area contributed by atoms with Crippen molar-refractivity contribution < 1.29 is 9.13 Å². The molecule has 2 rings (SSSR count). The minimum absolute atomic E-state index is 0.337. The van der Waals surface area contributed by atoms with E-state index in [1.54, 1.807) is 12.4 Å². The van der Waals surface area contributed by atoms with E-state index in [1.807, 2.05) is 26.0 Å². The molecule has 2 aromatic rings. The van der Waals surface area contributed by atoms with Gasteiger partial charge in [0, 0.05) is 24.0 Å². The molecule has 0 amide bonds. The number of rotatable bonds is 3. The van der Waals surface area contributed by atoms with Gasteiger partial charge in [-0.3, -0.25) is 4.98 Å². The average Bonchev–Trinajstić information content (AvgIpc) is 2.35. The summed E-state index contributed by atoms with van der Waals surface area (Å²) in [5.74, 6) is -0.0370. The van der Waals surface area contributed by atoms with Crippen molar-refractivity contribution in [1.29, 1.82) is 0 Å². The van der Waals surface area contributed by atoms with Gasteiger partial charge in [0.05, 0.1) is 5.69 Å². The van der Waals surface area contributed by atoms with Crippen molar-refractivity contribution in [3.05, 3.63) is 54.1 Å². The number of ether oxygens (including phenoxy) is 1. The molecular weight excluding hydrogens is 231 g/mol. The van der Waals surface area contributed by atoms with E-state index < -0.39 is 5.60 Å². The summed E-state index contributed by atoms with van der Waals surface area (Å²) in [5.41, 5.74) is 6.45. The molecule has 2 N–H and O–H groups in total. The van der Waals surface area contributed by atoms with Crippen molar-refractivity contribution in [2.75, 3.05) is 5.73 Å². The predicted octanol–water partition coefficient (Wildman–Crippen LogP) is 3.12. The van der Waals surface area contributed by atoms with Crippen LogP contribution >= 0.6 is 0 Å². The molecular formula is C14H15FN2O. The van der Waals surface area contributed by atoms with Crippen LogP contribution in [-0.2, 0) is 5.60 Å². The number of benzene rings is 1. The number of anilines is 1. The third-order valence-electron chi connectivity index (χ3n) is 2.70. The molecule has 1 heterocycles. The van der Waals surface area contributed by atoms with E-state index >= 15 is 0 Å². The lowest BCUT2D eigenvalue weighted by atomic mass is 10.00. The highest BCUT2D eigenvalue weighted by Gasteiger charge is 2.23. The molecule has 0 fully saturated rings. The summed E-state index contributed by atoms with van der Waals surface area (Å²) in [5, 5.41) is 0. The Morgan fingerprint density at radius 1 is 1.28 bits per heavy atom. The average molecular weight is 246 g/mol. The third-order valence-corrected chi connectivity index (χ3v) is 2.70. The van der Waals surface area contributed by atoms with Crippen LogP contribution in [0.15, 0.2) is 42.7 Å². The molecule has 0 aliphatic carbocycles. The number of nitrogens with zero attached hydrogens (tertiary/aromatic N) is 1. The first-order valence-electron chi connectivity index (χ1n) is 5.63. The number of nitrogen functional groups attached to an aromatic ring is 1. The van der Waals surface area contributed by atoms with Gasteiger partial charge in [0.2, 0.25) is 0 Å². The predicted molar refractivity (Wildman–Crippen MR) is 68.7 cm³/mol. The molecule has 0 aliphatic heterocycles. The first-order valence-corrected chi connectivity index (χ1v) is 5.63. The second-order valence-corrected chi connectivity index (χ2v) is 4.54. The summed E-state index contributed by atoms with van der Waals surface area (Å²) < 4.78 is 19.0. The summed E-state index contributed by atoms with van der Waals surface area (Å²) >= 11 is 0. The number of nitrogens with two attached hydrogens (primary N) is 1. The summed E-state index contributed by atoms with van der Waals surface area (Å²) in [4.78, 5) is 4.05. The summed E-state index contributed by atoms with van der Waals surface area (Å²) in [7, 11) is 0. The second-order valence-electron chi connectivity index (χ2n) is 4.54. The van der Waals surface area contributed by atoms with Crippen molar-refractivity contribution in [2.24, 2.45) is 0 Å². The van der Waals surface area contributed by atoms with Gasteiger partial charge in [-0.2, -0.15) is 0 Å². The quantitative estimate of drug-likeness (QED) is 0.846. The lowest BCUT2D eigenvalue weighted by molar-refractivity contribution is 0.109. The molecule has 3 nitrogen and oxygen atoms in total. The Hall–Kier alpha value is -2.10. The van der Waals surface area contributed by atoms with E-state index in [1.165, 1.54) is 18.2 Å². The lowest BCUT2D eigenvalue weighted by Crippen LogP contribution is -2.25. The highest BCUT2D eigenvalue weighted by Crippen LogP contribution is 2.31. The minimum atomic E-state index is -0.629. The van der Waals surface area contributed by atoms with Gasteiger partial charge in [0.1, 0.15) is 17.2 Å². The zero-order valence-electron chi connectivity index (χ0n) is 10.4. The summed E-state index contributed by atoms with van der Waals surface area (Å²) in [6.45, 7) is 3.77. The Labute approximate surface area is 105 Å². The molecule has 18 heavy (non-hydrogen) atoms. The molecule has 0 spiro atoms. The van der Waals surface area contributed by atoms with Crippen LogP contribution in [-0.4, -0.2) is 4.98 Å². The van der Waals surface area contributed by atoms with E-state index in [9.17, 15) is 4.39 Å². The highest BCUT2D eigenvalue weighted by atomic mass is 19.1. The van der Waals surface area contributed by atoms with E-state index in [4.69, 9.17) is 10.5 Å². The molecule has 0 atom stereocenters. The van der Waals surface area contributed by atoms with Crippen molar-refractivity contribution >= 4 is 5.69 Å². The SMILES string of the molecule is CC(C)(Oc1cc(F)ccc1N)c1cccnc1. The van der Waals surface area contributed by atoms with E-state index in [-0.39, 0.29) is 5.82 Å². The maximum Gasteiger partial charge on any atom is 0.146 e. The Morgan fingerprint density at radius 2 is 2.06 bits per heavy atom. The van der Waals surface area contributed by atoms with Crippen LogP contribution < -0.4 is 10.5 Å². The molecule has 0 saturated heterocycles. The Balaban J connectivity index is 2.30. The lowest BCUT2D eigenvalue weighted by Gasteiger charge is -2.27. The van der Waals surface area contributed by atoms with Crippen LogP contribution in [0.5, 0.6) is 5.75 Å². The molecule has 0 aliphatic rings. The molecule has 4 heteroatoms. The second kappa shape index (κ2) is 4.64. The largest absolute Gasteiger partial charge is 0.481 e. The smallest absolute Gasteiger partial charge is 0.146 e.